The summed E-state index contributed by atoms with van der Waals surface area (Å²) in [6.45, 7) is 26.0. The van der Waals surface area contributed by atoms with Crippen molar-refractivity contribution in [3.63, 3.8) is 0 Å². The smallest absolute Gasteiger partial charge is 0.171 e. The van der Waals surface area contributed by atoms with E-state index >= 15 is 0 Å². The van der Waals surface area contributed by atoms with Gasteiger partial charge in [0, 0.05) is 72.8 Å². The van der Waals surface area contributed by atoms with E-state index in [1.54, 1.807) is 67.8 Å². The molecule has 0 saturated carbocycles. The maximum Gasteiger partial charge on any atom is 0.171 e. The number of aromatic nitrogens is 18. The number of tetrazole rings is 1. The van der Waals surface area contributed by atoms with Crippen LogP contribution in [0.25, 0.3) is 0 Å². The zero-order chi connectivity index (χ0) is 43.2. The second kappa shape index (κ2) is 37.9. The van der Waals surface area contributed by atoms with E-state index in [1.165, 1.54) is 27.2 Å². The van der Waals surface area contributed by atoms with Gasteiger partial charge in [0.1, 0.15) is 12.7 Å². The van der Waals surface area contributed by atoms with Crippen LogP contribution in [0.15, 0.2) is 74.5 Å². The summed E-state index contributed by atoms with van der Waals surface area (Å²) in [6, 6.07) is 4.00. The number of imidazole rings is 1. The Kier molecular flexibility index (Phi) is 38.6. The van der Waals surface area contributed by atoms with Crippen LogP contribution >= 0.6 is 0 Å². The Labute approximate surface area is 330 Å². The van der Waals surface area contributed by atoms with Gasteiger partial charge in [-0.2, -0.15) is 30.0 Å². The van der Waals surface area contributed by atoms with Gasteiger partial charge in [-0.15, -0.1) is 15.3 Å². The predicted molar refractivity (Wildman–Crippen MR) is 223 cm³/mol. The summed E-state index contributed by atoms with van der Waals surface area (Å²) in [4.78, 5) is 10.6. The van der Waals surface area contributed by atoms with Crippen LogP contribution in [0.1, 0.15) is 83.9 Å². The summed E-state index contributed by atoms with van der Waals surface area (Å²) in [7, 11) is 13.1. The van der Waals surface area contributed by atoms with Crippen LogP contribution in [0.3, 0.4) is 0 Å². The van der Waals surface area contributed by atoms with Crippen LogP contribution in [0.4, 0.5) is 0 Å². The van der Waals surface area contributed by atoms with Crippen LogP contribution in [0, 0.1) is 34.6 Å². The molecule has 0 saturated heterocycles. The number of hydrogen-bond acceptors (Lipinski definition) is 11. The van der Waals surface area contributed by atoms with E-state index in [1.807, 2.05) is 149 Å². The highest BCUT2D eigenvalue weighted by Gasteiger charge is 2.01. The van der Waals surface area contributed by atoms with E-state index in [0.717, 1.165) is 11.4 Å². The Bertz CT molecular complexity index is 1470. The molecule has 0 spiro atoms. The van der Waals surface area contributed by atoms with E-state index in [-0.39, 0.29) is 0 Å². The van der Waals surface area contributed by atoms with Crippen molar-refractivity contribution in [2.75, 3.05) is 0 Å². The third-order valence-corrected chi connectivity index (χ3v) is 5.68. The number of rotatable bonds is 0. The molecule has 0 radical (unpaired) electrons. The maximum atomic E-state index is 4.23. The zero-order valence-electron chi connectivity index (χ0n) is 37.5. The molecule has 18 heteroatoms. The predicted octanol–water partition coefficient (Wildman–Crippen LogP) is 6.17. The SMILES string of the molecule is CC.CC.CC.CC.Cc1cn(C)cn1.Cc1nn(C)c(C)c1C.Cc1nnn(C)n1.Cn1cccc1.Cn1ccnn1.Cn1cncn1.Cn1nccn1. The third-order valence-electron chi connectivity index (χ3n) is 5.68. The molecule has 0 atom stereocenters. The average molecular weight is 769 g/mol. The van der Waals surface area contributed by atoms with Gasteiger partial charge in [-0.3, -0.25) is 14.0 Å². The molecule has 7 heterocycles. The molecule has 55 heavy (non-hydrogen) atoms. The fraction of sp³-hybridized carbons (Fsp3) is 0.541. The van der Waals surface area contributed by atoms with E-state index in [4.69, 9.17) is 0 Å². The molecule has 0 N–H and O–H groups in total. The molecule has 7 aromatic heterocycles. The first kappa shape index (κ1) is 55.9. The molecule has 0 fully saturated rings. The number of aryl methyl sites for hydroxylation is 10. The van der Waals surface area contributed by atoms with Crippen LogP contribution in [-0.2, 0) is 49.3 Å². The lowest BCUT2D eigenvalue weighted by Gasteiger charge is -1.90. The molecule has 0 aliphatic heterocycles. The highest BCUT2D eigenvalue weighted by molar-refractivity contribution is 5.21. The van der Waals surface area contributed by atoms with Gasteiger partial charge >= 0.3 is 0 Å². The second-order valence-electron chi connectivity index (χ2n) is 9.94. The third kappa shape index (κ3) is 32.6. The summed E-state index contributed by atoms with van der Waals surface area (Å²) < 4.78 is 9.11. The average Bonchev–Trinajstić information content (AvgIpc) is 4.07. The van der Waals surface area contributed by atoms with Gasteiger partial charge < -0.3 is 9.13 Å². The van der Waals surface area contributed by atoms with Crippen LogP contribution < -0.4 is 0 Å². The molecule has 0 aromatic carbocycles. The lowest BCUT2D eigenvalue weighted by molar-refractivity contribution is 0.629. The van der Waals surface area contributed by atoms with Gasteiger partial charge in [0.15, 0.2) is 5.82 Å². The molecular weight excluding hydrogens is 697 g/mol. The molecule has 0 aliphatic carbocycles. The Balaban J connectivity index is -0.000000268. The second-order valence-corrected chi connectivity index (χ2v) is 9.94. The van der Waals surface area contributed by atoms with E-state index < -0.39 is 0 Å². The molecule has 7 aromatic rings. The summed E-state index contributed by atoms with van der Waals surface area (Å²) in [5.41, 5.74) is 4.77. The van der Waals surface area contributed by atoms with Crippen molar-refractivity contribution in [1.82, 2.24) is 88.9 Å². The minimum absolute atomic E-state index is 0.711. The summed E-state index contributed by atoms with van der Waals surface area (Å²) in [5, 5.41) is 33.5. The van der Waals surface area contributed by atoms with Crippen molar-refractivity contribution in [2.45, 2.75) is 90.0 Å². The number of hydrogen-bond donors (Lipinski definition) is 0. The minimum Gasteiger partial charge on any atom is -0.357 e. The summed E-state index contributed by atoms with van der Waals surface area (Å²) >= 11 is 0. The zero-order valence-corrected chi connectivity index (χ0v) is 37.5. The normalized spacial score (nSPS) is 8.36. The summed E-state index contributed by atoms with van der Waals surface area (Å²) in [5.74, 6) is 0.711. The first-order valence-electron chi connectivity index (χ1n) is 18.4. The molecule has 0 aliphatic rings. The van der Waals surface area contributed by atoms with Crippen molar-refractivity contribution in [3.05, 3.63) is 103 Å². The molecule has 0 amide bonds. The van der Waals surface area contributed by atoms with Gasteiger partial charge in [-0.05, 0) is 57.5 Å². The van der Waals surface area contributed by atoms with E-state index in [2.05, 4.69) is 69.9 Å². The monoisotopic (exact) mass is 769 g/mol. The van der Waals surface area contributed by atoms with Crippen LogP contribution in [0.2, 0.25) is 0 Å². The first-order chi connectivity index (χ1) is 26.3. The molecule has 0 bridgehead atoms. The Morgan fingerprint density at radius 2 is 1.11 bits per heavy atom. The highest BCUT2D eigenvalue weighted by Crippen LogP contribution is 2.08. The Hall–Kier alpha value is -5.81. The minimum atomic E-state index is 0.711. The van der Waals surface area contributed by atoms with Crippen LogP contribution in [-0.4, -0.2) is 88.9 Å². The van der Waals surface area contributed by atoms with Gasteiger partial charge in [0.05, 0.1) is 43.4 Å². The molecule has 310 valence electrons. The standard InChI is InChI=1S/C7H12N2.C5H8N2.C5H7N.C3H6N4.3C3H5N3.4C2H6/c1-5-6(2)8-9(4)7(5)3;1-5-3-7(2)4-6-5;1-6-4-2-3-5-6;1-3-4-6-7(2)5-3;1-6-3-4-2-5-6;1-6-3-2-4-5-6;1-6-4-2-3-5-6;4*1-2/h1-4H3;3-4H,1-2H3;2-5H,1H3;1-2H3;3*2-3H,1H3;4*1-2H3. The maximum absolute atomic E-state index is 4.23. The molecule has 0 unspecified atom stereocenters. The quantitative estimate of drug-likeness (QED) is 0.173. The molecular formula is C37H72N18. The largest absolute Gasteiger partial charge is 0.357 e. The van der Waals surface area contributed by atoms with Gasteiger partial charge in [-0.25, -0.2) is 9.97 Å². The summed E-state index contributed by atoms with van der Waals surface area (Å²) in [6.07, 6.45) is 17.6. The number of nitrogens with zero attached hydrogens (tertiary/aromatic N) is 18. The fourth-order valence-corrected chi connectivity index (χ4v) is 3.04. The first-order valence-corrected chi connectivity index (χ1v) is 18.4. The van der Waals surface area contributed by atoms with Crippen molar-refractivity contribution in [3.8, 4) is 0 Å². The van der Waals surface area contributed by atoms with Crippen molar-refractivity contribution < 1.29 is 0 Å². The van der Waals surface area contributed by atoms with Crippen molar-refractivity contribution >= 4 is 0 Å². The highest BCUT2D eigenvalue weighted by atomic mass is 15.6. The van der Waals surface area contributed by atoms with Gasteiger partial charge in [0.2, 0.25) is 0 Å². The van der Waals surface area contributed by atoms with E-state index in [0.29, 0.717) is 5.82 Å². The topological polar surface area (TPSA) is 176 Å². The van der Waals surface area contributed by atoms with Gasteiger partial charge in [0.25, 0.3) is 0 Å². The van der Waals surface area contributed by atoms with Crippen molar-refractivity contribution in [1.29, 1.82) is 0 Å². The Morgan fingerprint density at radius 3 is 1.24 bits per heavy atom. The lowest BCUT2D eigenvalue weighted by atomic mass is 10.2. The van der Waals surface area contributed by atoms with Crippen molar-refractivity contribution in [2.24, 2.45) is 49.3 Å². The fourth-order valence-electron chi connectivity index (χ4n) is 3.04. The molecule has 7 rings (SSSR count). The molecule has 18 nitrogen and oxygen atoms in total. The van der Waals surface area contributed by atoms with Gasteiger partial charge in [-0.1, -0.05) is 60.6 Å². The van der Waals surface area contributed by atoms with E-state index in [9.17, 15) is 0 Å². The lowest BCUT2D eigenvalue weighted by Crippen LogP contribution is -1.92. The Morgan fingerprint density at radius 1 is 0.545 bits per heavy atom. The van der Waals surface area contributed by atoms with Crippen LogP contribution in [0.5, 0.6) is 0 Å².